The molecule has 3 N–H and O–H groups in total. The molecule has 1 aromatic rings. The molecule has 196 valence electrons. The number of carbonyl (C=O) groups excluding carboxylic acids is 2. The van der Waals surface area contributed by atoms with Crippen LogP contribution in [0.15, 0.2) is 18.2 Å². The van der Waals surface area contributed by atoms with Crippen LogP contribution in [0.25, 0.3) is 0 Å². The summed E-state index contributed by atoms with van der Waals surface area (Å²) < 4.78 is 59.9. The third-order valence-corrected chi connectivity index (χ3v) is 6.72. The van der Waals surface area contributed by atoms with Crippen molar-refractivity contribution in [2.45, 2.75) is 76.0 Å². The molecule has 1 aromatic carbocycles. The van der Waals surface area contributed by atoms with Crippen molar-refractivity contribution in [2.75, 3.05) is 13.2 Å². The van der Waals surface area contributed by atoms with Gasteiger partial charge in [-0.25, -0.2) is 4.39 Å². The third-order valence-electron chi connectivity index (χ3n) is 6.42. The van der Waals surface area contributed by atoms with Crippen molar-refractivity contribution >= 4 is 23.4 Å². The molecule has 0 radical (unpaired) electrons. The van der Waals surface area contributed by atoms with E-state index in [2.05, 4.69) is 20.7 Å². The van der Waals surface area contributed by atoms with Gasteiger partial charge in [0.25, 0.3) is 5.91 Å². The SMILES string of the molecule is C[C@H](C(=O)NC1CCC(OC(F)(F)F)CC1)C1CC[C@H](NC(=O)COc2ccc(Cl)c(F)c2)CN1. The van der Waals surface area contributed by atoms with Crippen molar-refractivity contribution in [1.82, 2.24) is 16.0 Å². The summed E-state index contributed by atoms with van der Waals surface area (Å²) in [6.07, 6.45) is -2.79. The van der Waals surface area contributed by atoms with Gasteiger partial charge in [-0.05, 0) is 50.7 Å². The molecule has 0 aromatic heterocycles. The Hall–Kier alpha value is -2.11. The van der Waals surface area contributed by atoms with Crippen molar-refractivity contribution in [1.29, 1.82) is 0 Å². The van der Waals surface area contributed by atoms with Gasteiger partial charge >= 0.3 is 6.36 Å². The molecule has 1 unspecified atom stereocenters. The number of alkyl halides is 3. The predicted molar refractivity (Wildman–Crippen MR) is 120 cm³/mol. The van der Waals surface area contributed by atoms with Crippen LogP contribution in [0.5, 0.6) is 5.75 Å². The van der Waals surface area contributed by atoms with Crippen molar-refractivity contribution in [3.63, 3.8) is 0 Å². The summed E-state index contributed by atoms with van der Waals surface area (Å²) in [5.74, 6) is -1.26. The molecule has 1 aliphatic carbocycles. The zero-order chi connectivity index (χ0) is 25.6. The molecule has 2 fully saturated rings. The van der Waals surface area contributed by atoms with Crippen LogP contribution >= 0.6 is 11.6 Å². The number of ether oxygens (including phenoxy) is 2. The maximum atomic E-state index is 13.4. The maximum absolute atomic E-state index is 13.4. The summed E-state index contributed by atoms with van der Waals surface area (Å²) in [4.78, 5) is 24.8. The number of benzene rings is 1. The highest BCUT2D eigenvalue weighted by Crippen LogP contribution is 2.28. The minimum atomic E-state index is -4.64. The molecule has 1 saturated heterocycles. The minimum Gasteiger partial charge on any atom is -0.484 e. The Morgan fingerprint density at radius 2 is 1.80 bits per heavy atom. The molecule has 2 amide bonds. The second-order valence-electron chi connectivity index (χ2n) is 9.06. The molecule has 3 rings (SSSR count). The standard InChI is InChI=1S/C23H30ClF4N3O4/c1-13(22(33)31-14-2-5-16(6-3-14)35-23(26,27)28)20-9-4-15(11-29-20)30-21(32)12-34-17-7-8-18(24)19(25)10-17/h7-8,10,13-16,20,29H,2-6,9,11-12H2,1H3,(H,30,32)(H,31,33)/t13-,14?,15-,16?,20?/m0/s1. The molecule has 1 heterocycles. The lowest BCUT2D eigenvalue weighted by molar-refractivity contribution is -0.345. The summed E-state index contributed by atoms with van der Waals surface area (Å²) in [6.45, 7) is 2.02. The lowest BCUT2D eigenvalue weighted by Crippen LogP contribution is -2.54. The second-order valence-corrected chi connectivity index (χ2v) is 9.46. The van der Waals surface area contributed by atoms with E-state index in [9.17, 15) is 27.2 Å². The molecule has 2 aliphatic rings. The van der Waals surface area contributed by atoms with Crippen LogP contribution in [0.1, 0.15) is 45.4 Å². The molecule has 3 atom stereocenters. The van der Waals surface area contributed by atoms with Gasteiger partial charge in [0.15, 0.2) is 6.61 Å². The number of rotatable bonds is 8. The van der Waals surface area contributed by atoms with Gasteiger partial charge in [-0.15, -0.1) is 13.2 Å². The van der Waals surface area contributed by atoms with E-state index in [1.54, 1.807) is 0 Å². The Morgan fingerprint density at radius 1 is 1.11 bits per heavy atom. The Morgan fingerprint density at radius 3 is 2.40 bits per heavy atom. The highest BCUT2D eigenvalue weighted by molar-refractivity contribution is 6.30. The first-order valence-corrected chi connectivity index (χ1v) is 12.0. The van der Waals surface area contributed by atoms with Gasteiger partial charge < -0.3 is 20.7 Å². The van der Waals surface area contributed by atoms with Gasteiger partial charge in [0.05, 0.1) is 17.0 Å². The average Bonchev–Trinajstić information content (AvgIpc) is 2.80. The smallest absolute Gasteiger partial charge is 0.484 e. The Labute approximate surface area is 206 Å². The van der Waals surface area contributed by atoms with Crippen LogP contribution < -0.4 is 20.7 Å². The molecule has 1 saturated carbocycles. The van der Waals surface area contributed by atoms with Crippen molar-refractivity contribution in [2.24, 2.45) is 5.92 Å². The summed E-state index contributed by atoms with van der Waals surface area (Å²) in [5.41, 5.74) is 0. The lowest BCUT2D eigenvalue weighted by atomic mass is 9.89. The lowest BCUT2D eigenvalue weighted by Gasteiger charge is -2.35. The van der Waals surface area contributed by atoms with E-state index in [-0.39, 0.29) is 66.1 Å². The Kier molecular flexibility index (Phi) is 9.60. The average molecular weight is 524 g/mol. The quantitative estimate of drug-likeness (QED) is 0.452. The van der Waals surface area contributed by atoms with Crippen LogP contribution in [0.3, 0.4) is 0 Å². The first-order chi connectivity index (χ1) is 16.5. The summed E-state index contributed by atoms with van der Waals surface area (Å²) >= 11 is 5.62. The van der Waals surface area contributed by atoms with E-state index < -0.39 is 18.3 Å². The fourth-order valence-electron chi connectivity index (χ4n) is 4.44. The van der Waals surface area contributed by atoms with Crippen molar-refractivity contribution < 1.29 is 36.6 Å². The van der Waals surface area contributed by atoms with Gasteiger partial charge in [-0.3, -0.25) is 14.3 Å². The highest BCUT2D eigenvalue weighted by atomic mass is 35.5. The number of hydrogen-bond donors (Lipinski definition) is 3. The summed E-state index contributed by atoms with van der Waals surface area (Å²) in [5, 5.41) is 9.05. The molecule has 12 heteroatoms. The minimum absolute atomic E-state index is 0.0320. The van der Waals surface area contributed by atoms with Crippen LogP contribution in [-0.4, -0.2) is 55.6 Å². The summed E-state index contributed by atoms with van der Waals surface area (Å²) in [6, 6.07) is 3.55. The van der Waals surface area contributed by atoms with Gasteiger partial charge in [0.1, 0.15) is 11.6 Å². The maximum Gasteiger partial charge on any atom is 0.522 e. The molecular weight excluding hydrogens is 494 g/mol. The van der Waals surface area contributed by atoms with E-state index in [4.69, 9.17) is 16.3 Å². The largest absolute Gasteiger partial charge is 0.522 e. The topological polar surface area (TPSA) is 88.7 Å². The highest BCUT2D eigenvalue weighted by Gasteiger charge is 2.36. The van der Waals surface area contributed by atoms with E-state index >= 15 is 0 Å². The molecule has 0 spiro atoms. The normalized spacial score (nSPS) is 26.0. The number of hydrogen-bond acceptors (Lipinski definition) is 5. The Balaban J connectivity index is 1.34. The van der Waals surface area contributed by atoms with E-state index in [0.29, 0.717) is 32.2 Å². The summed E-state index contributed by atoms with van der Waals surface area (Å²) in [7, 11) is 0. The predicted octanol–water partition coefficient (Wildman–Crippen LogP) is 3.69. The number of halogens is 5. The molecule has 35 heavy (non-hydrogen) atoms. The van der Waals surface area contributed by atoms with Gasteiger partial charge in [-0.1, -0.05) is 18.5 Å². The fourth-order valence-corrected chi connectivity index (χ4v) is 4.56. The van der Waals surface area contributed by atoms with Crippen LogP contribution in [0.4, 0.5) is 17.6 Å². The van der Waals surface area contributed by atoms with Crippen LogP contribution in [0, 0.1) is 11.7 Å². The van der Waals surface area contributed by atoms with Crippen LogP contribution in [0.2, 0.25) is 5.02 Å². The monoisotopic (exact) mass is 523 g/mol. The molecule has 0 bridgehead atoms. The van der Waals surface area contributed by atoms with E-state index in [0.717, 1.165) is 6.07 Å². The molecule has 7 nitrogen and oxygen atoms in total. The number of carbonyl (C=O) groups is 2. The molecular formula is C23H30ClF4N3O4. The fraction of sp³-hybridized carbons (Fsp3) is 0.652. The first kappa shape index (κ1) is 27.5. The van der Waals surface area contributed by atoms with Gasteiger partial charge in [0, 0.05) is 30.7 Å². The number of nitrogens with one attached hydrogen (secondary N) is 3. The number of piperidine rings is 1. The Bertz CT molecular complexity index is 873. The second kappa shape index (κ2) is 12.2. The van der Waals surface area contributed by atoms with Crippen molar-refractivity contribution in [3.05, 3.63) is 29.0 Å². The number of amides is 2. The zero-order valence-electron chi connectivity index (χ0n) is 19.3. The molecule has 1 aliphatic heterocycles. The van der Waals surface area contributed by atoms with E-state index in [1.165, 1.54) is 12.1 Å². The van der Waals surface area contributed by atoms with Crippen LogP contribution in [-0.2, 0) is 14.3 Å². The first-order valence-electron chi connectivity index (χ1n) is 11.7. The van der Waals surface area contributed by atoms with Gasteiger partial charge in [-0.2, -0.15) is 0 Å². The van der Waals surface area contributed by atoms with Gasteiger partial charge in [0.2, 0.25) is 5.91 Å². The van der Waals surface area contributed by atoms with Crippen molar-refractivity contribution in [3.8, 4) is 5.75 Å². The zero-order valence-corrected chi connectivity index (χ0v) is 20.1. The third kappa shape index (κ3) is 8.80. The van der Waals surface area contributed by atoms with E-state index in [1.807, 2.05) is 6.92 Å².